The Kier molecular flexibility index (Phi) is 10.6. The van der Waals surface area contributed by atoms with Gasteiger partial charge < -0.3 is 14.0 Å². The van der Waals surface area contributed by atoms with Crippen LogP contribution >= 0.6 is 0 Å². The molecule has 0 radical (unpaired) electrons. The Bertz CT molecular complexity index is 1340. The number of carboxylic acids is 1. The summed E-state index contributed by atoms with van der Waals surface area (Å²) in [6.45, 7) is 16.9. The maximum atomic E-state index is 14.1. The minimum Gasteiger partial charge on any atom is -0.477 e. The van der Waals surface area contributed by atoms with Gasteiger partial charge in [0.15, 0.2) is 0 Å². The van der Waals surface area contributed by atoms with Crippen LogP contribution < -0.4 is 20.7 Å². The Hall–Kier alpha value is -3.56. The molecule has 0 saturated heterocycles. The molecule has 0 saturated carbocycles. The van der Waals surface area contributed by atoms with Gasteiger partial charge >= 0.3 is 5.97 Å². The molecule has 4 aromatic carbocycles. The lowest BCUT2D eigenvalue weighted by Crippen LogP contribution is -2.75. The summed E-state index contributed by atoms with van der Waals surface area (Å²) in [6.07, 6.45) is 3.19. The summed E-state index contributed by atoms with van der Waals surface area (Å²) in [7, 11) is -6.76. The van der Waals surface area contributed by atoms with Gasteiger partial charge in [0.05, 0.1) is 0 Å². The summed E-state index contributed by atoms with van der Waals surface area (Å²) in [6, 6.07) is 40.8. The van der Waals surface area contributed by atoms with Gasteiger partial charge in [0.2, 0.25) is 0 Å². The van der Waals surface area contributed by atoms with Crippen LogP contribution in [0, 0.1) is 0 Å². The van der Waals surface area contributed by atoms with E-state index in [1.54, 1.807) is 0 Å². The van der Waals surface area contributed by atoms with E-state index in [4.69, 9.17) is 8.85 Å². The van der Waals surface area contributed by atoms with E-state index in [-0.39, 0.29) is 6.42 Å². The van der Waals surface area contributed by atoms with Crippen molar-refractivity contribution in [2.24, 2.45) is 0 Å². The molecule has 0 bridgehead atoms. The average molecular weight is 637 g/mol. The Morgan fingerprint density at radius 2 is 0.911 bits per heavy atom. The zero-order valence-electron chi connectivity index (χ0n) is 27.6. The van der Waals surface area contributed by atoms with Crippen molar-refractivity contribution < 1.29 is 18.8 Å². The molecule has 0 aliphatic rings. The number of rotatable bonds is 13. The molecule has 0 fully saturated rings. The van der Waals surface area contributed by atoms with E-state index in [0.717, 1.165) is 20.7 Å². The van der Waals surface area contributed by atoms with Gasteiger partial charge in [-0.25, -0.2) is 4.79 Å². The molecule has 0 heterocycles. The topological polar surface area (TPSA) is 55.8 Å². The minimum absolute atomic E-state index is 0.170. The number of hydrogen-bond donors (Lipinski definition) is 1. The van der Waals surface area contributed by atoms with Crippen molar-refractivity contribution >= 4 is 43.4 Å². The fraction of sp³-hybridized carbons (Fsp3) is 0.308. The Morgan fingerprint density at radius 1 is 0.622 bits per heavy atom. The van der Waals surface area contributed by atoms with Crippen molar-refractivity contribution in [2.45, 2.75) is 76.7 Å². The molecule has 6 heteroatoms. The summed E-state index contributed by atoms with van der Waals surface area (Å²) in [5, 5.41) is 14.6. The number of unbranched alkanes of at least 4 members (excludes halogenated alkanes) is 1. The number of hydrogen-bond acceptors (Lipinski definition) is 3. The van der Waals surface area contributed by atoms with Gasteiger partial charge in [-0.05, 0) is 43.7 Å². The van der Waals surface area contributed by atoms with Crippen molar-refractivity contribution in [3.05, 3.63) is 134 Å². The largest absolute Gasteiger partial charge is 0.477 e. The van der Waals surface area contributed by atoms with Crippen molar-refractivity contribution in [3.8, 4) is 0 Å². The number of allylic oxidation sites excluding steroid dienone is 1. The SMILES string of the molecule is C=CCCCC(O[Si](c1ccccc1)(c1ccccc1)C(C)(C)C)(O[Si](c1ccccc1)(c1ccccc1)C(C)(C)C)C(=O)O. The number of benzene rings is 4. The highest BCUT2D eigenvalue weighted by atomic mass is 28.4. The lowest BCUT2D eigenvalue weighted by Gasteiger charge is -2.52. The highest BCUT2D eigenvalue weighted by Gasteiger charge is 2.62. The molecule has 0 unspecified atom stereocenters. The summed E-state index contributed by atoms with van der Waals surface area (Å²) in [4.78, 5) is 14.1. The van der Waals surface area contributed by atoms with Gasteiger partial charge in [0.1, 0.15) is 0 Å². The van der Waals surface area contributed by atoms with Crippen molar-refractivity contribution in [2.75, 3.05) is 0 Å². The van der Waals surface area contributed by atoms with Gasteiger partial charge in [0.25, 0.3) is 22.4 Å². The predicted octanol–water partition coefficient (Wildman–Crippen LogP) is 7.28. The molecule has 4 nitrogen and oxygen atoms in total. The molecular formula is C39H48O4Si2. The molecule has 45 heavy (non-hydrogen) atoms. The first-order chi connectivity index (χ1) is 21.3. The molecule has 0 atom stereocenters. The maximum absolute atomic E-state index is 14.1. The molecule has 1 N–H and O–H groups in total. The summed E-state index contributed by atoms with van der Waals surface area (Å²) in [5.41, 5.74) is 0. The Balaban J connectivity index is 2.12. The van der Waals surface area contributed by atoms with Crippen molar-refractivity contribution in [1.82, 2.24) is 0 Å². The van der Waals surface area contributed by atoms with E-state index in [0.29, 0.717) is 12.8 Å². The third kappa shape index (κ3) is 6.70. The second-order valence-corrected chi connectivity index (χ2v) is 22.2. The number of carboxylic acid groups (broad SMARTS) is 1. The van der Waals surface area contributed by atoms with Gasteiger partial charge in [-0.15, -0.1) is 6.58 Å². The van der Waals surface area contributed by atoms with Gasteiger partial charge in [-0.2, -0.15) is 0 Å². The predicted molar refractivity (Wildman–Crippen MR) is 192 cm³/mol. The van der Waals surface area contributed by atoms with E-state index < -0.39 is 38.5 Å². The highest BCUT2D eigenvalue weighted by Crippen LogP contribution is 2.45. The lowest BCUT2D eigenvalue weighted by atomic mass is 10.1. The molecule has 0 aliphatic carbocycles. The van der Waals surface area contributed by atoms with Crippen molar-refractivity contribution in [1.29, 1.82) is 0 Å². The van der Waals surface area contributed by atoms with E-state index in [1.165, 1.54) is 0 Å². The summed E-state index contributed by atoms with van der Waals surface area (Å²) >= 11 is 0. The lowest BCUT2D eigenvalue weighted by molar-refractivity contribution is -0.193. The standard InChI is InChI=1S/C39H48O4Si2/c1-8-9-22-31-39(36(40)41,42-44(37(2,3)4,32-23-14-10-15-24-32)33-25-16-11-17-26-33)43-45(38(5,6)7,34-27-18-12-19-28-34)35-29-20-13-21-30-35/h8,10-21,23-30H,1,9,22,31H2,2-7H3,(H,40,41). The first kappa shape index (κ1) is 34.3. The highest BCUT2D eigenvalue weighted by molar-refractivity contribution is 7.01. The normalized spacial score (nSPS) is 12.9. The van der Waals surface area contributed by atoms with Crippen LogP contribution in [-0.2, 0) is 13.6 Å². The average Bonchev–Trinajstić information content (AvgIpc) is 3.02. The van der Waals surface area contributed by atoms with Crippen LogP contribution in [0.4, 0.5) is 0 Å². The number of carbonyl (C=O) groups is 1. The monoisotopic (exact) mass is 636 g/mol. The Morgan fingerprint density at radius 3 is 1.13 bits per heavy atom. The van der Waals surface area contributed by atoms with Crippen LogP contribution in [-0.4, -0.2) is 33.5 Å². The molecule has 0 spiro atoms. The second kappa shape index (κ2) is 13.8. The zero-order chi connectivity index (χ0) is 32.8. The van der Waals surface area contributed by atoms with Crippen molar-refractivity contribution in [3.63, 3.8) is 0 Å². The quantitative estimate of drug-likeness (QED) is 0.0726. The van der Waals surface area contributed by atoms with Gasteiger partial charge in [-0.1, -0.05) is 169 Å². The first-order valence-corrected chi connectivity index (χ1v) is 19.6. The molecule has 4 aromatic rings. The van der Waals surface area contributed by atoms with Gasteiger partial charge in [0, 0.05) is 6.42 Å². The molecule has 236 valence electrons. The molecule has 0 amide bonds. The first-order valence-electron chi connectivity index (χ1n) is 15.8. The van der Waals surface area contributed by atoms with E-state index >= 15 is 0 Å². The van der Waals surface area contributed by atoms with Crippen LogP contribution in [0.1, 0.15) is 60.8 Å². The third-order valence-corrected chi connectivity index (χ3v) is 18.8. The molecular weight excluding hydrogens is 589 g/mol. The minimum atomic E-state index is -3.38. The third-order valence-electron chi connectivity index (χ3n) is 8.71. The fourth-order valence-corrected chi connectivity index (χ4v) is 16.0. The summed E-state index contributed by atoms with van der Waals surface area (Å²) in [5.74, 6) is -3.06. The van der Waals surface area contributed by atoms with Crippen LogP contribution in [0.15, 0.2) is 134 Å². The maximum Gasteiger partial charge on any atom is 0.362 e. The van der Waals surface area contributed by atoms with Crippen LogP contribution in [0.2, 0.25) is 10.1 Å². The number of aliphatic carboxylic acids is 1. The molecule has 4 rings (SSSR count). The van der Waals surface area contributed by atoms with E-state index in [2.05, 4.69) is 96.7 Å². The van der Waals surface area contributed by atoms with E-state index in [9.17, 15) is 9.90 Å². The fourth-order valence-electron chi connectivity index (χ4n) is 6.59. The van der Waals surface area contributed by atoms with Crippen LogP contribution in [0.25, 0.3) is 0 Å². The van der Waals surface area contributed by atoms with Gasteiger partial charge in [-0.3, -0.25) is 0 Å². The van der Waals surface area contributed by atoms with E-state index in [1.807, 2.05) is 78.9 Å². The van der Waals surface area contributed by atoms with Crippen LogP contribution in [0.3, 0.4) is 0 Å². The molecule has 0 aliphatic heterocycles. The second-order valence-electron chi connectivity index (χ2n) is 13.8. The Labute approximate surface area is 272 Å². The molecule has 0 aromatic heterocycles. The zero-order valence-corrected chi connectivity index (χ0v) is 29.6. The van der Waals surface area contributed by atoms with Crippen LogP contribution in [0.5, 0.6) is 0 Å². The summed E-state index contributed by atoms with van der Waals surface area (Å²) < 4.78 is 15.2. The smallest absolute Gasteiger partial charge is 0.362 e.